The molecule has 0 aromatic carbocycles. The van der Waals surface area contributed by atoms with Gasteiger partial charge in [-0.25, -0.2) is 4.79 Å². The topological polar surface area (TPSA) is 80.6 Å². The molecule has 1 aromatic heterocycles. The Morgan fingerprint density at radius 3 is 2.55 bits per heavy atom. The Bertz CT molecular complexity index is 502. The first-order valence-corrected chi connectivity index (χ1v) is 7.50. The van der Waals surface area contributed by atoms with Crippen molar-refractivity contribution in [3.05, 3.63) is 23.7 Å². The van der Waals surface area contributed by atoms with Crippen LogP contribution >= 0.6 is 0 Å². The number of rotatable bonds is 6. The van der Waals surface area contributed by atoms with Crippen LogP contribution in [-0.4, -0.2) is 24.1 Å². The minimum Gasteiger partial charge on any atom is -0.464 e. The first kappa shape index (κ1) is 18.1. The summed E-state index contributed by atoms with van der Waals surface area (Å²) in [7, 11) is 0. The maximum atomic E-state index is 11.8. The molecule has 0 aliphatic rings. The number of ether oxygens (including phenoxy) is 1. The van der Waals surface area contributed by atoms with E-state index < -0.39 is 11.7 Å². The smallest absolute Gasteiger partial charge is 0.407 e. The molecule has 124 valence electrons. The van der Waals surface area contributed by atoms with Crippen LogP contribution < -0.4 is 10.6 Å². The highest BCUT2D eigenvalue weighted by atomic mass is 16.6. The van der Waals surface area contributed by atoms with Crippen LogP contribution in [0.2, 0.25) is 0 Å². The van der Waals surface area contributed by atoms with Crippen LogP contribution in [0.4, 0.5) is 4.79 Å². The normalized spacial score (nSPS) is 12.6. The molecule has 0 radical (unpaired) electrons. The van der Waals surface area contributed by atoms with Crippen molar-refractivity contribution >= 4 is 12.0 Å². The molecule has 0 saturated carbocycles. The summed E-state index contributed by atoms with van der Waals surface area (Å²) in [6, 6.07) is 3.55. The maximum Gasteiger partial charge on any atom is 0.407 e. The minimum absolute atomic E-state index is 0.0764. The van der Waals surface area contributed by atoms with Gasteiger partial charge in [0.2, 0.25) is 5.91 Å². The van der Waals surface area contributed by atoms with Gasteiger partial charge >= 0.3 is 6.09 Å². The minimum atomic E-state index is -0.516. The van der Waals surface area contributed by atoms with E-state index in [1.807, 2.05) is 26.0 Å². The van der Waals surface area contributed by atoms with E-state index in [0.717, 1.165) is 11.5 Å². The van der Waals surface area contributed by atoms with E-state index in [1.54, 1.807) is 20.8 Å². The summed E-state index contributed by atoms with van der Waals surface area (Å²) in [4.78, 5) is 23.2. The van der Waals surface area contributed by atoms with Gasteiger partial charge in [0.25, 0.3) is 0 Å². The molecule has 0 bridgehead atoms. The number of nitrogens with one attached hydrogen (secondary N) is 2. The summed E-state index contributed by atoms with van der Waals surface area (Å²) in [5.74, 6) is 1.47. The van der Waals surface area contributed by atoms with Crippen LogP contribution in [0.1, 0.15) is 58.1 Å². The summed E-state index contributed by atoms with van der Waals surface area (Å²) in [5, 5.41) is 5.48. The van der Waals surface area contributed by atoms with Gasteiger partial charge in [0.1, 0.15) is 17.1 Å². The number of alkyl carbamates (subject to hydrolysis) is 1. The zero-order chi connectivity index (χ0) is 16.8. The Kier molecular flexibility index (Phi) is 6.46. The average molecular weight is 310 g/mol. The Morgan fingerprint density at radius 1 is 1.32 bits per heavy atom. The molecule has 0 spiro atoms. The summed E-state index contributed by atoms with van der Waals surface area (Å²) in [6.07, 6.45) is 0.418. The molecule has 22 heavy (non-hydrogen) atoms. The lowest BCUT2D eigenvalue weighted by molar-refractivity contribution is -0.121. The molecule has 0 aliphatic carbocycles. The van der Waals surface area contributed by atoms with Gasteiger partial charge in [-0.15, -0.1) is 0 Å². The van der Waals surface area contributed by atoms with E-state index in [1.165, 1.54) is 0 Å². The van der Waals surface area contributed by atoms with E-state index in [0.29, 0.717) is 19.4 Å². The fraction of sp³-hybridized carbons (Fsp3) is 0.625. The second-order valence-electron chi connectivity index (χ2n) is 6.27. The predicted octanol–water partition coefficient (Wildman–Crippen LogP) is 3.07. The van der Waals surface area contributed by atoms with Gasteiger partial charge in [-0.3, -0.25) is 4.79 Å². The molecule has 1 rings (SSSR count). The lowest BCUT2D eigenvalue weighted by Gasteiger charge is -2.19. The largest absolute Gasteiger partial charge is 0.464 e. The highest BCUT2D eigenvalue weighted by Crippen LogP contribution is 2.15. The highest BCUT2D eigenvalue weighted by molar-refractivity contribution is 5.76. The number of amides is 2. The molecular formula is C16H26N2O4. The lowest BCUT2D eigenvalue weighted by Crippen LogP contribution is -2.33. The van der Waals surface area contributed by atoms with Gasteiger partial charge in [0, 0.05) is 13.0 Å². The second kappa shape index (κ2) is 7.87. The summed E-state index contributed by atoms with van der Waals surface area (Å²) >= 11 is 0. The van der Waals surface area contributed by atoms with Crippen molar-refractivity contribution in [1.29, 1.82) is 0 Å². The fourth-order valence-corrected chi connectivity index (χ4v) is 1.82. The maximum absolute atomic E-state index is 11.8. The molecule has 0 aliphatic heterocycles. The van der Waals surface area contributed by atoms with Gasteiger partial charge in [-0.05, 0) is 53.2 Å². The Balaban J connectivity index is 2.20. The fourth-order valence-electron chi connectivity index (χ4n) is 1.82. The number of carbonyl (C=O) groups is 2. The molecule has 1 atom stereocenters. The lowest BCUT2D eigenvalue weighted by atomic mass is 10.2. The quantitative estimate of drug-likeness (QED) is 0.791. The van der Waals surface area contributed by atoms with Gasteiger partial charge in [0.05, 0.1) is 6.04 Å². The number of hydrogen-bond donors (Lipinski definition) is 2. The van der Waals surface area contributed by atoms with E-state index in [4.69, 9.17) is 9.15 Å². The Morgan fingerprint density at radius 2 is 2.00 bits per heavy atom. The first-order valence-electron chi connectivity index (χ1n) is 7.50. The van der Waals surface area contributed by atoms with Crippen molar-refractivity contribution < 1.29 is 18.7 Å². The van der Waals surface area contributed by atoms with Crippen molar-refractivity contribution in [1.82, 2.24) is 10.6 Å². The number of aryl methyl sites for hydroxylation is 1. The third-order valence-electron chi connectivity index (χ3n) is 2.81. The molecule has 2 amide bonds. The average Bonchev–Trinajstić information content (AvgIpc) is 2.79. The van der Waals surface area contributed by atoms with Crippen molar-refractivity contribution in [2.45, 2.75) is 59.1 Å². The molecule has 2 N–H and O–H groups in total. The molecule has 1 aromatic rings. The molecule has 1 unspecified atom stereocenters. The van der Waals surface area contributed by atoms with Crippen molar-refractivity contribution in [2.75, 3.05) is 6.54 Å². The molecule has 6 nitrogen and oxygen atoms in total. The van der Waals surface area contributed by atoms with Crippen molar-refractivity contribution in [3.8, 4) is 0 Å². The van der Waals surface area contributed by atoms with E-state index in [-0.39, 0.29) is 11.9 Å². The SMILES string of the molecule is Cc1ccc(C(C)NC(=O)CCCNC(=O)OC(C)(C)C)o1. The number of carbonyl (C=O) groups excluding carboxylic acids is 2. The first-order chi connectivity index (χ1) is 10.2. The number of furan rings is 1. The van der Waals surface area contributed by atoms with Crippen LogP contribution in [0, 0.1) is 6.92 Å². The van der Waals surface area contributed by atoms with Crippen LogP contribution in [0.3, 0.4) is 0 Å². The summed E-state index contributed by atoms with van der Waals surface area (Å²) in [5.41, 5.74) is -0.516. The van der Waals surface area contributed by atoms with Crippen LogP contribution in [-0.2, 0) is 9.53 Å². The van der Waals surface area contributed by atoms with E-state index in [9.17, 15) is 9.59 Å². The van der Waals surface area contributed by atoms with Crippen LogP contribution in [0.5, 0.6) is 0 Å². The number of hydrogen-bond acceptors (Lipinski definition) is 4. The van der Waals surface area contributed by atoms with Gasteiger partial charge in [-0.2, -0.15) is 0 Å². The molecule has 6 heteroatoms. The summed E-state index contributed by atoms with van der Waals surface area (Å²) in [6.45, 7) is 9.54. The van der Waals surface area contributed by atoms with Gasteiger partial charge in [0.15, 0.2) is 0 Å². The Hall–Kier alpha value is -1.98. The Labute approximate surface area is 131 Å². The van der Waals surface area contributed by atoms with Crippen molar-refractivity contribution in [2.24, 2.45) is 0 Å². The van der Waals surface area contributed by atoms with Crippen LogP contribution in [0.15, 0.2) is 16.5 Å². The monoisotopic (exact) mass is 310 g/mol. The van der Waals surface area contributed by atoms with Gasteiger partial charge in [-0.1, -0.05) is 0 Å². The highest BCUT2D eigenvalue weighted by Gasteiger charge is 2.16. The zero-order valence-corrected chi connectivity index (χ0v) is 14.0. The van der Waals surface area contributed by atoms with E-state index >= 15 is 0 Å². The van der Waals surface area contributed by atoms with Crippen molar-refractivity contribution in [3.63, 3.8) is 0 Å². The van der Waals surface area contributed by atoms with E-state index in [2.05, 4.69) is 10.6 Å². The standard InChI is InChI=1S/C16H26N2O4/c1-11-8-9-13(21-11)12(2)18-14(19)7-6-10-17-15(20)22-16(3,4)5/h8-9,12H,6-7,10H2,1-5H3,(H,17,20)(H,18,19). The molecular weight excluding hydrogens is 284 g/mol. The second-order valence-corrected chi connectivity index (χ2v) is 6.27. The van der Waals surface area contributed by atoms with Gasteiger partial charge < -0.3 is 19.8 Å². The molecule has 0 fully saturated rings. The third-order valence-corrected chi connectivity index (χ3v) is 2.81. The van der Waals surface area contributed by atoms with Crippen LogP contribution in [0.25, 0.3) is 0 Å². The summed E-state index contributed by atoms with van der Waals surface area (Å²) < 4.78 is 10.6. The predicted molar refractivity (Wildman–Crippen MR) is 83.5 cm³/mol. The molecule has 0 saturated heterocycles. The zero-order valence-electron chi connectivity index (χ0n) is 14.0. The third kappa shape index (κ3) is 7.15. The molecule has 1 heterocycles.